The third-order valence-corrected chi connectivity index (χ3v) is 6.30. The van der Waals surface area contributed by atoms with Crippen LogP contribution in [0.15, 0.2) is 18.2 Å². The van der Waals surface area contributed by atoms with Gasteiger partial charge in [-0.3, -0.25) is 4.90 Å². The summed E-state index contributed by atoms with van der Waals surface area (Å²) >= 11 is 0. The van der Waals surface area contributed by atoms with Crippen molar-refractivity contribution in [2.45, 2.75) is 57.2 Å². The summed E-state index contributed by atoms with van der Waals surface area (Å²) in [6, 6.07) is 6.61. The molecule has 0 spiro atoms. The Kier molecular flexibility index (Phi) is 6.35. The molecule has 0 unspecified atom stereocenters. The molecule has 2 aliphatic rings. The molecule has 3 heterocycles. The molecule has 1 fully saturated rings. The molecule has 0 radical (unpaired) electrons. The first kappa shape index (κ1) is 20.2. The van der Waals surface area contributed by atoms with Crippen LogP contribution in [0.5, 0.6) is 11.5 Å². The van der Waals surface area contributed by atoms with Gasteiger partial charge in [0, 0.05) is 50.8 Å². The van der Waals surface area contributed by atoms with Crippen LogP contribution in [0.4, 0.5) is 0 Å². The highest BCUT2D eigenvalue weighted by Crippen LogP contribution is 2.29. The Hall–Kier alpha value is -2.12. The number of rotatable bonds is 6. The van der Waals surface area contributed by atoms with E-state index in [9.17, 15) is 0 Å². The zero-order chi connectivity index (χ0) is 20.2. The maximum atomic E-state index is 5.52. The molecule has 0 bridgehead atoms. The summed E-state index contributed by atoms with van der Waals surface area (Å²) in [4.78, 5) is 2.45. The quantitative estimate of drug-likeness (QED) is 0.743. The van der Waals surface area contributed by atoms with E-state index in [0.29, 0.717) is 12.0 Å². The lowest BCUT2D eigenvalue weighted by molar-refractivity contribution is 0.0826. The maximum absolute atomic E-state index is 5.52. The molecule has 158 valence electrons. The first-order chi connectivity index (χ1) is 14.2. The average Bonchev–Trinajstić information content (AvgIpc) is 3.04. The highest BCUT2D eigenvalue weighted by molar-refractivity contribution is 5.38. The predicted molar refractivity (Wildman–Crippen MR) is 111 cm³/mol. The van der Waals surface area contributed by atoms with Crippen LogP contribution in [0.1, 0.15) is 48.8 Å². The van der Waals surface area contributed by atoms with Gasteiger partial charge in [-0.05, 0) is 50.4 Å². The van der Waals surface area contributed by atoms with Crippen molar-refractivity contribution >= 4 is 0 Å². The van der Waals surface area contributed by atoms with Gasteiger partial charge in [-0.25, -0.2) is 0 Å². The van der Waals surface area contributed by atoms with Crippen LogP contribution in [0, 0.1) is 0 Å². The number of nitrogens with zero attached hydrogens (tertiary/aromatic N) is 4. The largest absolute Gasteiger partial charge is 0.497 e. The fourth-order valence-electron chi connectivity index (χ4n) is 4.57. The summed E-state index contributed by atoms with van der Waals surface area (Å²) in [5.74, 6) is 4.47. The highest BCUT2D eigenvalue weighted by atomic mass is 16.5. The van der Waals surface area contributed by atoms with Gasteiger partial charge in [0.25, 0.3) is 0 Å². The number of aromatic nitrogens is 3. The van der Waals surface area contributed by atoms with Crippen molar-refractivity contribution in [3.63, 3.8) is 0 Å². The highest BCUT2D eigenvalue weighted by Gasteiger charge is 2.27. The molecule has 2 aromatic rings. The maximum Gasteiger partial charge on any atom is 0.136 e. The summed E-state index contributed by atoms with van der Waals surface area (Å²) in [6.07, 6.45) is 5.30. The Labute approximate surface area is 173 Å². The van der Waals surface area contributed by atoms with Crippen molar-refractivity contribution in [3.8, 4) is 11.5 Å². The lowest BCUT2D eigenvalue weighted by Crippen LogP contribution is -2.31. The van der Waals surface area contributed by atoms with E-state index in [-0.39, 0.29) is 0 Å². The van der Waals surface area contributed by atoms with Gasteiger partial charge in [0.2, 0.25) is 0 Å². The van der Waals surface area contributed by atoms with Crippen LogP contribution in [0.25, 0.3) is 0 Å². The van der Waals surface area contributed by atoms with E-state index in [1.807, 2.05) is 6.07 Å². The van der Waals surface area contributed by atoms with E-state index in [0.717, 1.165) is 75.7 Å². The molecule has 0 saturated carbocycles. The molecular formula is C22H32N4O3. The monoisotopic (exact) mass is 400 g/mol. The molecule has 2 aliphatic heterocycles. The van der Waals surface area contributed by atoms with Crippen molar-refractivity contribution in [2.75, 3.05) is 34.5 Å². The van der Waals surface area contributed by atoms with E-state index < -0.39 is 0 Å². The molecule has 29 heavy (non-hydrogen) atoms. The van der Waals surface area contributed by atoms with Gasteiger partial charge in [0.1, 0.15) is 23.1 Å². The van der Waals surface area contributed by atoms with Gasteiger partial charge in [0.05, 0.1) is 14.2 Å². The van der Waals surface area contributed by atoms with Gasteiger partial charge in [-0.2, -0.15) is 0 Å². The first-order valence-corrected chi connectivity index (χ1v) is 10.6. The fraction of sp³-hybridized carbons (Fsp3) is 0.636. The number of aryl methyl sites for hydroxylation is 1. The minimum Gasteiger partial charge on any atom is -0.497 e. The van der Waals surface area contributed by atoms with Crippen LogP contribution < -0.4 is 9.47 Å². The number of hydrogen-bond acceptors (Lipinski definition) is 6. The summed E-state index contributed by atoms with van der Waals surface area (Å²) in [7, 11) is 5.60. The Morgan fingerprint density at radius 2 is 1.76 bits per heavy atom. The lowest BCUT2D eigenvalue weighted by Gasteiger charge is -2.27. The topological polar surface area (TPSA) is 61.6 Å². The number of benzene rings is 1. The van der Waals surface area contributed by atoms with Crippen LogP contribution in [0.2, 0.25) is 0 Å². The standard InChI is InChI=1S/C22H32N4O3/c1-25(15-16-12-19(27-2)14-20(13-16)28-3)18-4-5-21-23-24-22(26(21)9-6-18)17-7-10-29-11-8-17/h12-14,17-18H,4-11,15H2,1-3H3/t18-/m0/s1. The smallest absolute Gasteiger partial charge is 0.136 e. The zero-order valence-corrected chi connectivity index (χ0v) is 17.8. The Morgan fingerprint density at radius 1 is 1.03 bits per heavy atom. The fourth-order valence-corrected chi connectivity index (χ4v) is 4.57. The minimum atomic E-state index is 0.489. The number of hydrogen-bond donors (Lipinski definition) is 0. The first-order valence-electron chi connectivity index (χ1n) is 10.6. The molecule has 0 N–H and O–H groups in total. The molecule has 0 amide bonds. The van der Waals surface area contributed by atoms with Crippen molar-refractivity contribution < 1.29 is 14.2 Å². The summed E-state index contributed by atoms with van der Waals surface area (Å²) < 4.78 is 18.8. The molecule has 1 saturated heterocycles. The summed E-state index contributed by atoms with van der Waals surface area (Å²) in [5.41, 5.74) is 1.20. The van der Waals surface area contributed by atoms with Crippen molar-refractivity contribution in [3.05, 3.63) is 35.4 Å². The van der Waals surface area contributed by atoms with Gasteiger partial charge < -0.3 is 18.8 Å². The van der Waals surface area contributed by atoms with E-state index >= 15 is 0 Å². The molecule has 4 rings (SSSR count). The van der Waals surface area contributed by atoms with Crippen molar-refractivity contribution in [1.29, 1.82) is 0 Å². The summed E-state index contributed by atoms with van der Waals surface area (Å²) in [6.45, 7) is 3.53. The molecular weight excluding hydrogens is 368 g/mol. The van der Waals surface area contributed by atoms with Gasteiger partial charge >= 0.3 is 0 Å². The van der Waals surface area contributed by atoms with E-state index in [4.69, 9.17) is 14.2 Å². The average molecular weight is 401 g/mol. The normalized spacial score (nSPS) is 20.3. The number of ether oxygens (including phenoxy) is 3. The van der Waals surface area contributed by atoms with Crippen molar-refractivity contribution in [2.24, 2.45) is 0 Å². The number of methoxy groups -OCH3 is 2. The molecule has 0 aliphatic carbocycles. The zero-order valence-electron chi connectivity index (χ0n) is 17.8. The second-order valence-corrected chi connectivity index (χ2v) is 8.13. The SMILES string of the molecule is COc1cc(CN(C)[C@H]2CCc3nnc(C4CCOCC4)n3CC2)cc(OC)c1. The lowest BCUT2D eigenvalue weighted by atomic mass is 9.99. The van der Waals surface area contributed by atoms with Crippen LogP contribution in [0.3, 0.4) is 0 Å². The third-order valence-electron chi connectivity index (χ3n) is 6.30. The second kappa shape index (κ2) is 9.13. The van der Waals surface area contributed by atoms with Crippen LogP contribution in [-0.4, -0.2) is 60.2 Å². The Morgan fingerprint density at radius 3 is 2.45 bits per heavy atom. The van der Waals surface area contributed by atoms with E-state index in [1.54, 1.807) is 14.2 Å². The summed E-state index contributed by atoms with van der Waals surface area (Å²) in [5, 5.41) is 9.09. The van der Waals surface area contributed by atoms with E-state index in [2.05, 4.69) is 38.8 Å². The minimum absolute atomic E-state index is 0.489. The Balaban J connectivity index is 1.42. The Bertz CT molecular complexity index is 794. The van der Waals surface area contributed by atoms with Gasteiger partial charge in [0.15, 0.2) is 0 Å². The second-order valence-electron chi connectivity index (χ2n) is 8.13. The van der Waals surface area contributed by atoms with Crippen LogP contribution in [-0.2, 0) is 24.2 Å². The molecule has 7 nitrogen and oxygen atoms in total. The molecule has 1 aromatic heterocycles. The van der Waals surface area contributed by atoms with Gasteiger partial charge in [-0.1, -0.05) is 0 Å². The predicted octanol–water partition coefficient (Wildman–Crippen LogP) is 3.03. The van der Waals surface area contributed by atoms with E-state index in [1.165, 1.54) is 11.4 Å². The number of fused-ring (bicyclic) bond motifs is 1. The molecule has 1 aromatic carbocycles. The van der Waals surface area contributed by atoms with Gasteiger partial charge in [-0.15, -0.1) is 10.2 Å². The molecule has 1 atom stereocenters. The van der Waals surface area contributed by atoms with Crippen LogP contribution >= 0.6 is 0 Å². The third kappa shape index (κ3) is 4.56. The molecule has 7 heteroatoms. The van der Waals surface area contributed by atoms with Crippen molar-refractivity contribution in [1.82, 2.24) is 19.7 Å².